The Morgan fingerprint density at radius 1 is 1.35 bits per heavy atom. The van der Waals surface area contributed by atoms with E-state index in [0.29, 0.717) is 23.5 Å². The van der Waals surface area contributed by atoms with Crippen LogP contribution in [0.15, 0.2) is 18.2 Å². The third-order valence-corrected chi connectivity index (χ3v) is 2.73. The average Bonchev–Trinajstić information content (AvgIpc) is 2.45. The van der Waals surface area contributed by atoms with Gasteiger partial charge in [-0.1, -0.05) is 13.3 Å². The molecule has 6 heteroatoms. The number of nitrogens with one attached hydrogen (secondary N) is 2. The maximum Gasteiger partial charge on any atom is 0.257 e. The standard InChI is InChI=1S/C14H21N3O3/c1-3-4-7-17-14(19)10-5-6-12(11(15)8-10)20-9-13(18)16-2/h5-6,8H,3-4,7,9,15H2,1-2H3,(H,16,18)(H,17,19). The van der Waals surface area contributed by atoms with Gasteiger partial charge in [0.05, 0.1) is 5.69 Å². The molecule has 0 fully saturated rings. The number of likely N-dealkylation sites (N-methyl/N-ethyl adjacent to an activating group) is 1. The maximum atomic E-state index is 11.8. The molecule has 0 aromatic heterocycles. The van der Waals surface area contributed by atoms with Crippen LogP contribution in [0.25, 0.3) is 0 Å². The van der Waals surface area contributed by atoms with Crippen LogP contribution in [0.4, 0.5) is 5.69 Å². The predicted molar refractivity (Wildman–Crippen MR) is 77.7 cm³/mol. The summed E-state index contributed by atoms with van der Waals surface area (Å²) in [7, 11) is 1.53. The van der Waals surface area contributed by atoms with Crippen LogP contribution < -0.4 is 21.1 Å². The van der Waals surface area contributed by atoms with E-state index >= 15 is 0 Å². The molecule has 20 heavy (non-hydrogen) atoms. The topological polar surface area (TPSA) is 93.4 Å². The van der Waals surface area contributed by atoms with Gasteiger partial charge in [-0.3, -0.25) is 9.59 Å². The van der Waals surface area contributed by atoms with E-state index in [1.165, 1.54) is 7.05 Å². The van der Waals surface area contributed by atoms with E-state index in [-0.39, 0.29) is 18.4 Å². The number of amides is 2. The van der Waals surface area contributed by atoms with Gasteiger partial charge in [0.2, 0.25) is 0 Å². The largest absolute Gasteiger partial charge is 0.482 e. The molecular weight excluding hydrogens is 258 g/mol. The van der Waals surface area contributed by atoms with E-state index in [4.69, 9.17) is 10.5 Å². The van der Waals surface area contributed by atoms with Gasteiger partial charge in [0, 0.05) is 19.2 Å². The first kappa shape index (κ1) is 15.8. The van der Waals surface area contributed by atoms with Crippen molar-refractivity contribution in [1.29, 1.82) is 0 Å². The Balaban J connectivity index is 2.62. The van der Waals surface area contributed by atoms with Crippen molar-refractivity contribution < 1.29 is 14.3 Å². The van der Waals surface area contributed by atoms with Crippen LogP contribution in [-0.4, -0.2) is 32.0 Å². The lowest BCUT2D eigenvalue weighted by molar-refractivity contribution is -0.122. The summed E-state index contributed by atoms with van der Waals surface area (Å²) in [5.74, 6) is -0.0208. The normalized spacial score (nSPS) is 9.90. The molecule has 6 nitrogen and oxygen atoms in total. The van der Waals surface area contributed by atoms with Crippen molar-refractivity contribution in [3.8, 4) is 5.75 Å². The van der Waals surface area contributed by atoms with Crippen LogP contribution in [-0.2, 0) is 4.79 Å². The highest BCUT2D eigenvalue weighted by Crippen LogP contribution is 2.22. The third-order valence-electron chi connectivity index (χ3n) is 2.73. The van der Waals surface area contributed by atoms with E-state index in [1.807, 2.05) is 0 Å². The molecule has 0 radical (unpaired) electrons. The zero-order chi connectivity index (χ0) is 15.0. The zero-order valence-electron chi connectivity index (χ0n) is 11.9. The van der Waals surface area contributed by atoms with Crippen LogP contribution in [0.1, 0.15) is 30.1 Å². The van der Waals surface area contributed by atoms with Crippen molar-refractivity contribution in [2.45, 2.75) is 19.8 Å². The molecule has 0 aliphatic heterocycles. The number of nitrogen functional groups attached to an aromatic ring is 1. The van der Waals surface area contributed by atoms with Gasteiger partial charge in [-0.2, -0.15) is 0 Å². The van der Waals surface area contributed by atoms with Crippen molar-refractivity contribution in [3.63, 3.8) is 0 Å². The van der Waals surface area contributed by atoms with Crippen LogP contribution in [0.3, 0.4) is 0 Å². The fraction of sp³-hybridized carbons (Fsp3) is 0.429. The Morgan fingerprint density at radius 2 is 2.10 bits per heavy atom. The van der Waals surface area contributed by atoms with Gasteiger partial charge >= 0.3 is 0 Å². The summed E-state index contributed by atoms with van der Waals surface area (Å²) in [6, 6.07) is 4.75. The molecule has 0 heterocycles. The lowest BCUT2D eigenvalue weighted by atomic mass is 10.1. The van der Waals surface area contributed by atoms with E-state index in [0.717, 1.165) is 12.8 Å². The summed E-state index contributed by atoms with van der Waals surface area (Å²) in [6.45, 7) is 2.59. The SMILES string of the molecule is CCCCNC(=O)c1ccc(OCC(=O)NC)c(N)c1. The summed E-state index contributed by atoms with van der Waals surface area (Å²) in [6.07, 6.45) is 1.96. The number of carbonyl (C=O) groups excluding carboxylic acids is 2. The number of rotatable bonds is 7. The third kappa shape index (κ3) is 4.79. The van der Waals surface area contributed by atoms with Crippen molar-refractivity contribution in [1.82, 2.24) is 10.6 Å². The summed E-state index contributed by atoms with van der Waals surface area (Å²) in [5.41, 5.74) is 6.61. The monoisotopic (exact) mass is 279 g/mol. The first-order valence-electron chi connectivity index (χ1n) is 6.59. The van der Waals surface area contributed by atoms with Crippen molar-refractivity contribution in [2.75, 3.05) is 25.9 Å². The number of nitrogens with two attached hydrogens (primary N) is 1. The molecule has 0 aliphatic carbocycles. The van der Waals surface area contributed by atoms with E-state index in [9.17, 15) is 9.59 Å². The Kier molecular flexibility index (Phi) is 6.36. The predicted octanol–water partition coefficient (Wildman–Crippen LogP) is 0.924. The highest BCUT2D eigenvalue weighted by Gasteiger charge is 2.09. The van der Waals surface area contributed by atoms with Crippen molar-refractivity contribution in [3.05, 3.63) is 23.8 Å². The van der Waals surface area contributed by atoms with Gasteiger partial charge in [-0.25, -0.2) is 0 Å². The molecule has 0 bridgehead atoms. The van der Waals surface area contributed by atoms with Crippen LogP contribution >= 0.6 is 0 Å². The van der Waals surface area contributed by atoms with Crippen molar-refractivity contribution in [2.24, 2.45) is 0 Å². The quantitative estimate of drug-likeness (QED) is 0.511. The second-order valence-electron chi connectivity index (χ2n) is 4.32. The van der Waals surface area contributed by atoms with Gasteiger partial charge in [0.1, 0.15) is 5.75 Å². The Hall–Kier alpha value is -2.24. The fourth-order valence-corrected chi connectivity index (χ4v) is 1.52. The molecule has 0 aliphatic rings. The lowest BCUT2D eigenvalue weighted by Crippen LogP contribution is -2.25. The van der Waals surface area contributed by atoms with E-state index in [2.05, 4.69) is 17.6 Å². The van der Waals surface area contributed by atoms with Gasteiger partial charge in [-0.05, 0) is 24.6 Å². The molecule has 1 aromatic rings. The second kappa shape index (κ2) is 8.04. The fourth-order valence-electron chi connectivity index (χ4n) is 1.52. The summed E-state index contributed by atoms with van der Waals surface area (Å²) in [5, 5.41) is 5.25. The Labute approximate surface area is 118 Å². The number of hydrogen-bond donors (Lipinski definition) is 3. The average molecular weight is 279 g/mol. The highest BCUT2D eigenvalue weighted by atomic mass is 16.5. The molecule has 1 rings (SSSR count). The molecule has 4 N–H and O–H groups in total. The Bertz CT molecular complexity index is 475. The van der Waals surface area contributed by atoms with Crippen LogP contribution in [0, 0.1) is 0 Å². The lowest BCUT2D eigenvalue weighted by Gasteiger charge is -2.10. The Morgan fingerprint density at radius 3 is 2.70 bits per heavy atom. The summed E-state index contributed by atoms with van der Waals surface area (Å²) >= 11 is 0. The number of anilines is 1. The van der Waals surface area contributed by atoms with Crippen LogP contribution in [0.2, 0.25) is 0 Å². The first-order valence-corrected chi connectivity index (χ1v) is 6.59. The maximum absolute atomic E-state index is 11.8. The molecule has 0 spiro atoms. The smallest absolute Gasteiger partial charge is 0.257 e. The minimum Gasteiger partial charge on any atom is -0.482 e. The second-order valence-corrected chi connectivity index (χ2v) is 4.32. The van der Waals surface area contributed by atoms with Gasteiger partial charge in [0.15, 0.2) is 6.61 Å². The molecule has 1 aromatic carbocycles. The zero-order valence-corrected chi connectivity index (χ0v) is 11.9. The first-order chi connectivity index (χ1) is 9.58. The molecule has 2 amide bonds. The van der Waals surface area contributed by atoms with Crippen LogP contribution in [0.5, 0.6) is 5.75 Å². The minimum atomic E-state index is -0.245. The number of unbranched alkanes of at least 4 members (excludes halogenated alkanes) is 1. The molecule has 0 unspecified atom stereocenters. The van der Waals surface area contributed by atoms with Crippen molar-refractivity contribution >= 4 is 17.5 Å². The highest BCUT2D eigenvalue weighted by molar-refractivity contribution is 5.95. The number of hydrogen-bond acceptors (Lipinski definition) is 4. The molecule has 0 saturated heterocycles. The minimum absolute atomic E-state index is 0.108. The molecule has 110 valence electrons. The van der Waals surface area contributed by atoms with E-state index < -0.39 is 0 Å². The van der Waals surface area contributed by atoms with E-state index in [1.54, 1.807) is 18.2 Å². The van der Waals surface area contributed by atoms with Gasteiger partial charge in [0.25, 0.3) is 11.8 Å². The molecule has 0 atom stereocenters. The number of ether oxygens (including phenoxy) is 1. The van der Waals surface area contributed by atoms with Gasteiger partial charge in [-0.15, -0.1) is 0 Å². The van der Waals surface area contributed by atoms with Gasteiger partial charge < -0.3 is 21.1 Å². The molecular formula is C14H21N3O3. The summed E-state index contributed by atoms with van der Waals surface area (Å²) < 4.78 is 5.25. The number of carbonyl (C=O) groups is 2. The molecule has 0 saturated carbocycles. The number of benzene rings is 1. The summed E-state index contributed by atoms with van der Waals surface area (Å²) in [4.78, 5) is 22.9.